The Morgan fingerprint density at radius 2 is 1.96 bits per heavy atom. The van der Waals surface area contributed by atoms with Crippen LogP contribution in [0, 0.1) is 11.3 Å². The van der Waals surface area contributed by atoms with Gasteiger partial charge in [-0.05, 0) is 30.7 Å². The lowest BCUT2D eigenvalue weighted by Gasteiger charge is -2.11. The third kappa shape index (κ3) is 2.81. The van der Waals surface area contributed by atoms with Gasteiger partial charge in [-0.2, -0.15) is 13.7 Å². The van der Waals surface area contributed by atoms with Crippen LogP contribution >= 0.6 is 11.6 Å². The van der Waals surface area contributed by atoms with Crippen molar-refractivity contribution in [2.75, 3.05) is 0 Å². The van der Waals surface area contributed by atoms with Gasteiger partial charge in [-0.3, -0.25) is 4.79 Å². The molecule has 3 rings (SSSR count). The number of nitriles is 1. The number of hydrogen-bond donors (Lipinski definition) is 0. The average molecular weight is 348 g/mol. The van der Waals surface area contributed by atoms with Crippen LogP contribution in [0.15, 0.2) is 41.3 Å². The van der Waals surface area contributed by atoms with Gasteiger partial charge in [0.1, 0.15) is 16.7 Å². The summed E-state index contributed by atoms with van der Waals surface area (Å²) in [5.74, 6) is 0.123. The molecule has 0 N–H and O–H groups in total. The van der Waals surface area contributed by atoms with Gasteiger partial charge in [0, 0.05) is 17.5 Å². The molecule has 1 aliphatic carbocycles. The molecule has 0 aromatic heterocycles. The van der Waals surface area contributed by atoms with Crippen LogP contribution in [0.4, 0.5) is 0 Å². The van der Waals surface area contributed by atoms with Crippen LogP contribution in [-0.2, 0) is 16.5 Å². The Hall–Kier alpha value is -2.36. The highest BCUT2D eigenvalue weighted by Crippen LogP contribution is 2.32. The minimum Gasteiger partial charge on any atom is -0.379 e. The van der Waals surface area contributed by atoms with E-state index in [9.17, 15) is 13.2 Å². The third-order valence-electron chi connectivity index (χ3n) is 3.58. The normalized spacial score (nSPS) is 13.5. The predicted octanol–water partition coefficient (Wildman–Crippen LogP) is 3.11. The van der Waals surface area contributed by atoms with Crippen molar-refractivity contribution in [1.29, 1.82) is 5.26 Å². The maximum absolute atomic E-state index is 12.4. The highest BCUT2D eigenvalue weighted by Gasteiger charge is 2.26. The molecule has 5 nitrogen and oxygen atoms in total. The molecule has 0 heterocycles. The second kappa shape index (κ2) is 5.69. The zero-order chi connectivity index (χ0) is 16.6. The highest BCUT2D eigenvalue weighted by atomic mass is 35.5. The average Bonchev–Trinajstić information content (AvgIpc) is 2.90. The van der Waals surface area contributed by atoms with Crippen molar-refractivity contribution in [2.24, 2.45) is 0 Å². The minimum absolute atomic E-state index is 0.0238. The SMILES string of the molecule is N#Cc1ccc(S(=O)(=O)Oc2cccc3c2CCC3=O)cc1Cl. The van der Waals surface area contributed by atoms with E-state index in [1.807, 2.05) is 6.07 Å². The molecule has 0 spiro atoms. The van der Waals surface area contributed by atoms with Crippen LogP contribution in [0.2, 0.25) is 5.02 Å². The largest absolute Gasteiger partial charge is 0.379 e. The van der Waals surface area contributed by atoms with E-state index in [0.29, 0.717) is 24.0 Å². The van der Waals surface area contributed by atoms with Crippen molar-refractivity contribution in [1.82, 2.24) is 0 Å². The second-order valence-corrected chi connectivity index (χ2v) is 6.95. The van der Waals surface area contributed by atoms with Gasteiger partial charge < -0.3 is 4.18 Å². The predicted molar refractivity (Wildman–Crippen MR) is 83.1 cm³/mol. The number of hydrogen-bond acceptors (Lipinski definition) is 5. The summed E-state index contributed by atoms with van der Waals surface area (Å²) in [5.41, 5.74) is 1.27. The number of rotatable bonds is 3. The molecule has 116 valence electrons. The molecule has 7 heteroatoms. The molecule has 0 aliphatic heterocycles. The first kappa shape index (κ1) is 15.5. The molecule has 0 amide bonds. The molecule has 0 saturated heterocycles. The molecule has 1 aliphatic rings. The molecule has 0 atom stereocenters. The molecule has 0 unspecified atom stereocenters. The first-order chi connectivity index (χ1) is 10.9. The van der Waals surface area contributed by atoms with Gasteiger partial charge in [-0.25, -0.2) is 0 Å². The summed E-state index contributed by atoms with van der Waals surface area (Å²) in [7, 11) is -4.11. The standard InChI is InChI=1S/C16H10ClNO4S/c17-14-8-11(5-4-10(14)9-18)23(20,21)22-16-3-1-2-12-13(16)6-7-15(12)19/h1-5,8H,6-7H2. The van der Waals surface area contributed by atoms with E-state index in [1.165, 1.54) is 24.3 Å². The summed E-state index contributed by atoms with van der Waals surface area (Å²) in [6, 6.07) is 10.4. The van der Waals surface area contributed by atoms with Crippen molar-refractivity contribution in [3.63, 3.8) is 0 Å². The molecule has 23 heavy (non-hydrogen) atoms. The topological polar surface area (TPSA) is 84.2 Å². The van der Waals surface area contributed by atoms with Crippen LogP contribution in [0.3, 0.4) is 0 Å². The van der Waals surface area contributed by atoms with Crippen molar-refractivity contribution in [3.8, 4) is 11.8 Å². The Morgan fingerprint density at radius 3 is 2.65 bits per heavy atom. The first-order valence-corrected chi connectivity index (χ1v) is 8.50. The van der Waals surface area contributed by atoms with E-state index in [1.54, 1.807) is 12.1 Å². The maximum atomic E-state index is 12.4. The lowest BCUT2D eigenvalue weighted by molar-refractivity contribution is 0.0994. The molecule has 2 aromatic rings. The summed E-state index contributed by atoms with van der Waals surface area (Å²) < 4.78 is 30.0. The zero-order valence-electron chi connectivity index (χ0n) is 11.7. The second-order valence-electron chi connectivity index (χ2n) is 5.00. The quantitative estimate of drug-likeness (QED) is 0.796. The van der Waals surface area contributed by atoms with Crippen molar-refractivity contribution < 1.29 is 17.4 Å². The van der Waals surface area contributed by atoms with Gasteiger partial charge in [0.25, 0.3) is 0 Å². The highest BCUT2D eigenvalue weighted by molar-refractivity contribution is 7.87. The van der Waals surface area contributed by atoms with E-state index in [0.717, 1.165) is 0 Å². The zero-order valence-corrected chi connectivity index (χ0v) is 13.3. The van der Waals surface area contributed by atoms with Gasteiger partial charge >= 0.3 is 10.1 Å². The number of carbonyl (C=O) groups excluding carboxylic acids is 1. The number of ketones is 1. The van der Waals surface area contributed by atoms with Crippen molar-refractivity contribution >= 4 is 27.5 Å². The summed E-state index contributed by atoms with van der Waals surface area (Å²) in [6.07, 6.45) is 0.798. The molecule has 0 fully saturated rings. The smallest absolute Gasteiger partial charge is 0.339 e. The van der Waals surface area contributed by atoms with Crippen LogP contribution in [0.5, 0.6) is 5.75 Å². The lowest BCUT2D eigenvalue weighted by atomic mass is 10.1. The first-order valence-electron chi connectivity index (χ1n) is 6.71. The van der Waals surface area contributed by atoms with Gasteiger partial charge in [-0.1, -0.05) is 23.7 Å². The van der Waals surface area contributed by atoms with Crippen molar-refractivity contribution in [2.45, 2.75) is 17.7 Å². The molecule has 0 saturated carbocycles. The van der Waals surface area contributed by atoms with E-state index in [4.69, 9.17) is 21.0 Å². The fraction of sp³-hybridized carbons (Fsp3) is 0.125. The van der Waals surface area contributed by atoms with Gasteiger partial charge in [0.05, 0.1) is 10.6 Å². The Bertz CT molecular complexity index is 961. The summed E-state index contributed by atoms with van der Waals surface area (Å²) >= 11 is 5.86. The number of fused-ring (bicyclic) bond motifs is 1. The molecule has 2 aromatic carbocycles. The van der Waals surface area contributed by atoms with E-state index in [2.05, 4.69) is 0 Å². The number of nitrogens with zero attached hydrogens (tertiary/aromatic N) is 1. The van der Waals surface area contributed by atoms with Crippen LogP contribution < -0.4 is 4.18 Å². The maximum Gasteiger partial charge on any atom is 0.339 e. The third-order valence-corrected chi connectivity index (χ3v) is 5.13. The monoisotopic (exact) mass is 347 g/mol. The number of carbonyl (C=O) groups is 1. The van der Waals surface area contributed by atoms with Gasteiger partial charge in [0.2, 0.25) is 0 Å². The summed E-state index contributed by atoms with van der Waals surface area (Å²) in [6.45, 7) is 0. The van der Waals surface area contributed by atoms with E-state index >= 15 is 0 Å². The number of Topliss-reactive ketones (excluding diaryl/α,β-unsaturated/α-hetero) is 1. The minimum atomic E-state index is -4.11. The van der Waals surface area contributed by atoms with E-state index in [-0.39, 0.29) is 27.0 Å². The fourth-order valence-corrected chi connectivity index (χ4v) is 3.72. The molecular formula is C16H10ClNO4S. The van der Waals surface area contributed by atoms with Gasteiger partial charge in [-0.15, -0.1) is 0 Å². The Balaban J connectivity index is 1.99. The fourth-order valence-electron chi connectivity index (χ4n) is 2.44. The van der Waals surface area contributed by atoms with Gasteiger partial charge in [0.15, 0.2) is 5.78 Å². The van der Waals surface area contributed by atoms with Crippen molar-refractivity contribution in [3.05, 3.63) is 58.1 Å². The molecular weight excluding hydrogens is 338 g/mol. The Labute approximate surface area is 138 Å². The summed E-state index contributed by atoms with van der Waals surface area (Å²) in [4.78, 5) is 11.6. The Kier molecular flexibility index (Phi) is 3.84. The van der Waals surface area contributed by atoms with E-state index < -0.39 is 10.1 Å². The van der Waals surface area contributed by atoms with Crippen LogP contribution in [0.25, 0.3) is 0 Å². The summed E-state index contributed by atoms with van der Waals surface area (Å²) in [5, 5.41) is 8.86. The Morgan fingerprint density at radius 1 is 1.17 bits per heavy atom. The van der Waals surface area contributed by atoms with Crippen LogP contribution in [0.1, 0.15) is 27.9 Å². The lowest BCUT2D eigenvalue weighted by Crippen LogP contribution is -2.11. The molecule has 0 radical (unpaired) electrons. The molecule has 0 bridgehead atoms. The number of halogens is 1. The van der Waals surface area contributed by atoms with Crippen LogP contribution in [-0.4, -0.2) is 14.2 Å². The number of benzene rings is 2.